The van der Waals surface area contributed by atoms with Crippen LogP contribution in [0, 0.1) is 5.82 Å². The van der Waals surface area contributed by atoms with Gasteiger partial charge in [0.1, 0.15) is 5.75 Å². The zero-order valence-electron chi connectivity index (χ0n) is 11.5. The van der Waals surface area contributed by atoms with Crippen LogP contribution in [-0.2, 0) is 0 Å². The lowest BCUT2D eigenvalue weighted by atomic mass is 10.0. The second-order valence-corrected chi connectivity index (χ2v) is 4.88. The third kappa shape index (κ3) is 3.30. The minimum atomic E-state index is -0.541. The summed E-state index contributed by atoms with van der Waals surface area (Å²) in [4.78, 5) is 0. The van der Waals surface area contributed by atoms with Crippen molar-refractivity contribution in [3.8, 4) is 11.5 Å². The van der Waals surface area contributed by atoms with E-state index < -0.39 is 5.82 Å². The van der Waals surface area contributed by atoms with Crippen molar-refractivity contribution in [2.75, 3.05) is 7.05 Å². The molecule has 2 aromatic carbocycles. The van der Waals surface area contributed by atoms with Gasteiger partial charge in [-0.2, -0.15) is 0 Å². The van der Waals surface area contributed by atoms with E-state index in [0.717, 1.165) is 12.0 Å². The zero-order chi connectivity index (χ0) is 14.5. The molecule has 1 atom stereocenters. The van der Waals surface area contributed by atoms with Gasteiger partial charge in [-0.25, -0.2) is 4.39 Å². The summed E-state index contributed by atoms with van der Waals surface area (Å²) in [6.07, 6.45) is 0.964. The molecule has 20 heavy (non-hydrogen) atoms. The monoisotopic (exact) mass is 293 g/mol. The van der Waals surface area contributed by atoms with Crippen LogP contribution < -0.4 is 10.1 Å². The molecule has 0 saturated heterocycles. The molecule has 0 radical (unpaired) electrons. The largest absolute Gasteiger partial charge is 0.454 e. The maximum Gasteiger partial charge on any atom is 0.184 e. The lowest BCUT2D eigenvalue weighted by molar-refractivity contribution is 0.440. The van der Waals surface area contributed by atoms with E-state index in [-0.39, 0.29) is 16.8 Å². The number of hydrogen-bond donors (Lipinski definition) is 1. The van der Waals surface area contributed by atoms with E-state index in [2.05, 4.69) is 12.2 Å². The summed E-state index contributed by atoms with van der Waals surface area (Å²) in [5.74, 6) is 0.185. The number of benzene rings is 2. The molecule has 0 aliphatic rings. The van der Waals surface area contributed by atoms with E-state index in [0.29, 0.717) is 5.75 Å². The van der Waals surface area contributed by atoms with Gasteiger partial charge >= 0.3 is 0 Å². The van der Waals surface area contributed by atoms with Crippen LogP contribution in [0.25, 0.3) is 0 Å². The highest BCUT2D eigenvalue weighted by Crippen LogP contribution is 2.30. The molecule has 106 valence electrons. The van der Waals surface area contributed by atoms with Crippen molar-refractivity contribution in [1.29, 1.82) is 0 Å². The highest BCUT2D eigenvalue weighted by atomic mass is 35.5. The van der Waals surface area contributed by atoms with Crippen LogP contribution >= 0.6 is 11.6 Å². The summed E-state index contributed by atoms with van der Waals surface area (Å²) in [5, 5.41) is 3.28. The topological polar surface area (TPSA) is 21.3 Å². The van der Waals surface area contributed by atoms with E-state index in [1.807, 2.05) is 25.2 Å². The summed E-state index contributed by atoms with van der Waals surface area (Å²) in [6, 6.07) is 12.6. The van der Waals surface area contributed by atoms with Gasteiger partial charge in [-0.3, -0.25) is 0 Å². The Bertz CT molecular complexity index is 584. The van der Waals surface area contributed by atoms with Gasteiger partial charge in [0.05, 0.1) is 5.02 Å². The normalized spacial score (nSPS) is 12.2. The summed E-state index contributed by atoms with van der Waals surface area (Å²) in [5.41, 5.74) is 1.11. The lowest BCUT2D eigenvalue weighted by Gasteiger charge is -2.15. The molecule has 1 N–H and O–H groups in total. The van der Waals surface area contributed by atoms with Crippen molar-refractivity contribution in [3.63, 3.8) is 0 Å². The predicted molar refractivity (Wildman–Crippen MR) is 80.0 cm³/mol. The van der Waals surface area contributed by atoms with Crippen molar-refractivity contribution in [3.05, 3.63) is 58.9 Å². The highest BCUT2D eigenvalue weighted by molar-refractivity contribution is 6.30. The van der Waals surface area contributed by atoms with Gasteiger partial charge in [-0.05, 0) is 43.3 Å². The van der Waals surface area contributed by atoms with Crippen molar-refractivity contribution in [2.45, 2.75) is 19.4 Å². The molecular formula is C16H17ClFNO. The van der Waals surface area contributed by atoms with Gasteiger partial charge in [0.25, 0.3) is 0 Å². The summed E-state index contributed by atoms with van der Waals surface area (Å²) in [6.45, 7) is 2.10. The average molecular weight is 294 g/mol. The van der Waals surface area contributed by atoms with Crippen LogP contribution in [0.15, 0.2) is 42.5 Å². The van der Waals surface area contributed by atoms with Gasteiger partial charge < -0.3 is 10.1 Å². The van der Waals surface area contributed by atoms with Crippen LogP contribution in [0.4, 0.5) is 4.39 Å². The van der Waals surface area contributed by atoms with Crippen molar-refractivity contribution >= 4 is 11.6 Å². The molecule has 0 aromatic heterocycles. The third-order valence-electron chi connectivity index (χ3n) is 3.16. The number of hydrogen-bond acceptors (Lipinski definition) is 2. The van der Waals surface area contributed by atoms with Crippen LogP contribution in [0.5, 0.6) is 11.5 Å². The van der Waals surface area contributed by atoms with Crippen LogP contribution in [0.1, 0.15) is 24.9 Å². The minimum absolute atomic E-state index is 0.0558. The number of halogens is 2. The van der Waals surface area contributed by atoms with Crippen LogP contribution in [0.3, 0.4) is 0 Å². The number of nitrogens with one attached hydrogen (secondary N) is 1. The Morgan fingerprint density at radius 3 is 2.70 bits per heavy atom. The fraction of sp³-hybridized carbons (Fsp3) is 0.250. The van der Waals surface area contributed by atoms with E-state index in [4.69, 9.17) is 16.3 Å². The Labute approximate surface area is 123 Å². The molecule has 0 aliphatic carbocycles. The Kier molecular flexibility index (Phi) is 4.99. The highest BCUT2D eigenvalue weighted by Gasteiger charge is 2.10. The molecule has 0 fully saturated rings. The van der Waals surface area contributed by atoms with Gasteiger partial charge in [-0.1, -0.05) is 36.7 Å². The first-order valence-corrected chi connectivity index (χ1v) is 6.92. The van der Waals surface area contributed by atoms with Crippen LogP contribution in [0.2, 0.25) is 5.02 Å². The minimum Gasteiger partial charge on any atom is -0.454 e. The molecule has 0 saturated carbocycles. The summed E-state index contributed by atoms with van der Waals surface area (Å²) in [7, 11) is 1.92. The van der Waals surface area contributed by atoms with Gasteiger partial charge in [0, 0.05) is 6.04 Å². The van der Waals surface area contributed by atoms with Crippen LogP contribution in [-0.4, -0.2) is 7.05 Å². The Hall–Kier alpha value is -1.58. The molecule has 2 rings (SSSR count). The van der Waals surface area contributed by atoms with Gasteiger partial charge in [-0.15, -0.1) is 0 Å². The third-order valence-corrected chi connectivity index (χ3v) is 3.45. The van der Waals surface area contributed by atoms with Gasteiger partial charge in [0.15, 0.2) is 11.6 Å². The Morgan fingerprint density at radius 1 is 1.25 bits per heavy atom. The van der Waals surface area contributed by atoms with Crippen molar-refractivity contribution in [1.82, 2.24) is 5.32 Å². The van der Waals surface area contributed by atoms with E-state index >= 15 is 0 Å². The van der Waals surface area contributed by atoms with E-state index in [1.165, 1.54) is 6.07 Å². The maximum atomic E-state index is 13.8. The molecule has 0 spiro atoms. The summed E-state index contributed by atoms with van der Waals surface area (Å²) >= 11 is 5.74. The smallest absolute Gasteiger partial charge is 0.184 e. The second-order valence-electron chi connectivity index (χ2n) is 4.48. The number of ether oxygens (including phenoxy) is 1. The van der Waals surface area contributed by atoms with Crippen molar-refractivity contribution < 1.29 is 9.13 Å². The molecule has 2 nitrogen and oxygen atoms in total. The molecule has 4 heteroatoms. The number of rotatable bonds is 5. The SMILES string of the molecule is CCC(NC)c1cccc(Oc2cccc(Cl)c2F)c1. The fourth-order valence-electron chi connectivity index (χ4n) is 2.09. The standard InChI is InChI=1S/C16H17ClFNO/c1-3-14(19-2)11-6-4-7-12(10-11)20-15-9-5-8-13(17)16(15)18/h4-10,14,19H,3H2,1-2H3. The molecule has 1 unspecified atom stereocenters. The molecular weight excluding hydrogens is 277 g/mol. The molecule has 0 aliphatic heterocycles. The predicted octanol–water partition coefficient (Wildman–Crippen LogP) is 4.94. The molecule has 0 amide bonds. The Morgan fingerprint density at radius 2 is 2.00 bits per heavy atom. The van der Waals surface area contributed by atoms with Crippen molar-refractivity contribution in [2.24, 2.45) is 0 Å². The molecule has 2 aromatic rings. The zero-order valence-corrected chi connectivity index (χ0v) is 12.2. The fourth-order valence-corrected chi connectivity index (χ4v) is 2.26. The average Bonchev–Trinajstić information content (AvgIpc) is 2.46. The second kappa shape index (κ2) is 6.73. The maximum absolute atomic E-state index is 13.8. The quantitative estimate of drug-likeness (QED) is 0.843. The van der Waals surface area contributed by atoms with Gasteiger partial charge in [0.2, 0.25) is 0 Å². The first-order chi connectivity index (χ1) is 9.65. The van der Waals surface area contributed by atoms with E-state index in [1.54, 1.807) is 18.2 Å². The lowest BCUT2D eigenvalue weighted by Crippen LogP contribution is -2.14. The first-order valence-electron chi connectivity index (χ1n) is 6.54. The Balaban J connectivity index is 2.26. The molecule has 0 heterocycles. The van der Waals surface area contributed by atoms with E-state index in [9.17, 15) is 4.39 Å². The molecule has 0 bridgehead atoms. The first kappa shape index (κ1) is 14.8. The summed E-state index contributed by atoms with van der Waals surface area (Å²) < 4.78 is 19.4.